The maximum absolute atomic E-state index is 12.6. The molecule has 26 heavy (non-hydrogen) atoms. The minimum absolute atomic E-state index is 0.317. The van der Waals surface area contributed by atoms with E-state index >= 15 is 0 Å². The SMILES string of the molecule is CC(C(=O)Nc1nc2c(s1)CCCC2)n1nc(-c2ccco2)ccc1=O. The number of anilines is 1. The number of nitrogens with one attached hydrogen (secondary N) is 1. The average molecular weight is 370 g/mol. The van der Waals surface area contributed by atoms with Gasteiger partial charge in [-0.05, 0) is 50.8 Å². The molecular formula is C18H18N4O3S. The highest BCUT2D eigenvalue weighted by molar-refractivity contribution is 7.15. The van der Waals surface area contributed by atoms with Crippen LogP contribution in [-0.4, -0.2) is 20.7 Å². The molecule has 7 nitrogen and oxygen atoms in total. The normalized spacial score (nSPS) is 14.7. The highest BCUT2D eigenvalue weighted by atomic mass is 32.1. The zero-order chi connectivity index (χ0) is 18.1. The largest absolute Gasteiger partial charge is 0.463 e. The Kier molecular flexibility index (Phi) is 4.42. The maximum Gasteiger partial charge on any atom is 0.267 e. The molecule has 1 aliphatic rings. The summed E-state index contributed by atoms with van der Waals surface area (Å²) in [5.74, 6) is 0.223. The molecule has 8 heteroatoms. The third-order valence-corrected chi connectivity index (χ3v) is 5.49. The molecule has 1 N–H and O–H groups in total. The van der Waals surface area contributed by atoms with Gasteiger partial charge >= 0.3 is 0 Å². The first kappa shape index (κ1) is 16.7. The molecule has 0 spiro atoms. The highest BCUT2D eigenvalue weighted by Gasteiger charge is 2.21. The monoisotopic (exact) mass is 370 g/mol. The van der Waals surface area contributed by atoms with Crippen molar-refractivity contribution in [2.24, 2.45) is 0 Å². The first-order valence-electron chi connectivity index (χ1n) is 8.55. The van der Waals surface area contributed by atoms with E-state index in [1.807, 2.05) is 0 Å². The molecule has 4 rings (SSSR count). The molecule has 0 aliphatic heterocycles. The lowest BCUT2D eigenvalue weighted by Crippen LogP contribution is -2.33. The second kappa shape index (κ2) is 6.87. The van der Waals surface area contributed by atoms with Gasteiger partial charge in [-0.1, -0.05) is 0 Å². The number of rotatable bonds is 4. The van der Waals surface area contributed by atoms with Crippen LogP contribution in [-0.2, 0) is 17.6 Å². The van der Waals surface area contributed by atoms with E-state index in [1.165, 1.54) is 33.2 Å². The van der Waals surface area contributed by atoms with Crippen LogP contribution >= 0.6 is 11.3 Å². The Hall–Kier alpha value is -2.74. The minimum atomic E-state index is -0.765. The third-order valence-electron chi connectivity index (χ3n) is 4.42. The Labute approximate surface area is 153 Å². The van der Waals surface area contributed by atoms with Crippen LogP contribution < -0.4 is 10.9 Å². The summed E-state index contributed by atoms with van der Waals surface area (Å²) in [5.41, 5.74) is 1.24. The van der Waals surface area contributed by atoms with Gasteiger partial charge in [0, 0.05) is 10.9 Å². The number of aryl methyl sites for hydroxylation is 2. The number of hydrogen-bond donors (Lipinski definition) is 1. The number of hydrogen-bond acceptors (Lipinski definition) is 6. The average Bonchev–Trinajstić information content (AvgIpc) is 3.30. The molecule has 3 heterocycles. The maximum atomic E-state index is 12.6. The molecule has 0 radical (unpaired) electrons. The fourth-order valence-electron chi connectivity index (χ4n) is 2.98. The lowest BCUT2D eigenvalue weighted by molar-refractivity contribution is -0.119. The molecule has 3 aromatic rings. The number of aromatic nitrogens is 3. The van der Waals surface area contributed by atoms with Crippen molar-refractivity contribution in [2.75, 3.05) is 5.32 Å². The van der Waals surface area contributed by atoms with E-state index in [2.05, 4.69) is 15.4 Å². The van der Waals surface area contributed by atoms with E-state index in [0.29, 0.717) is 16.6 Å². The predicted octanol–water partition coefficient (Wildman–Crippen LogP) is 3.04. The molecule has 0 bridgehead atoms. The number of amides is 1. The highest BCUT2D eigenvalue weighted by Crippen LogP contribution is 2.29. The van der Waals surface area contributed by atoms with Gasteiger partial charge in [0.25, 0.3) is 11.5 Å². The van der Waals surface area contributed by atoms with Gasteiger partial charge in [-0.15, -0.1) is 11.3 Å². The third kappa shape index (κ3) is 3.20. The number of nitrogens with zero attached hydrogens (tertiary/aromatic N) is 3. The zero-order valence-corrected chi connectivity index (χ0v) is 15.1. The van der Waals surface area contributed by atoms with Gasteiger partial charge in [0.05, 0.1) is 12.0 Å². The van der Waals surface area contributed by atoms with Crippen LogP contribution in [0.3, 0.4) is 0 Å². The molecule has 1 aliphatic carbocycles. The summed E-state index contributed by atoms with van der Waals surface area (Å²) in [4.78, 5) is 30.5. The second-order valence-electron chi connectivity index (χ2n) is 6.24. The molecule has 3 aromatic heterocycles. The molecular weight excluding hydrogens is 352 g/mol. The molecule has 0 saturated carbocycles. The fraction of sp³-hybridized carbons (Fsp3) is 0.333. The van der Waals surface area contributed by atoms with Crippen molar-refractivity contribution < 1.29 is 9.21 Å². The van der Waals surface area contributed by atoms with Crippen LogP contribution in [0.4, 0.5) is 5.13 Å². The van der Waals surface area contributed by atoms with Gasteiger partial charge in [0.1, 0.15) is 11.7 Å². The first-order valence-corrected chi connectivity index (χ1v) is 9.36. The number of carbonyl (C=O) groups is 1. The van der Waals surface area contributed by atoms with E-state index in [9.17, 15) is 9.59 Å². The fourth-order valence-corrected chi connectivity index (χ4v) is 4.04. The van der Waals surface area contributed by atoms with E-state index in [-0.39, 0.29) is 11.5 Å². The van der Waals surface area contributed by atoms with Crippen molar-refractivity contribution in [3.05, 3.63) is 51.5 Å². The van der Waals surface area contributed by atoms with Crippen molar-refractivity contribution in [1.82, 2.24) is 14.8 Å². The van der Waals surface area contributed by atoms with Gasteiger partial charge in [0.2, 0.25) is 0 Å². The van der Waals surface area contributed by atoms with E-state index in [0.717, 1.165) is 31.4 Å². The molecule has 1 atom stereocenters. The van der Waals surface area contributed by atoms with Crippen molar-refractivity contribution in [3.63, 3.8) is 0 Å². The number of carbonyl (C=O) groups excluding carboxylic acids is 1. The number of thiazole rings is 1. The summed E-state index contributed by atoms with van der Waals surface area (Å²) < 4.78 is 6.48. The molecule has 0 saturated heterocycles. The van der Waals surface area contributed by atoms with Crippen molar-refractivity contribution in [2.45, 2.75) is 38.6 Å². The summed E-state index contributed by atoms with van der Waals surface area (Å²) >= 11 is 1.52. The Balaban J connectivity index is 1.56. The van der Waals surface area contributed by atoms with Gasteiger partial charge < -0.3 is 9.73 Å². The van der Waals surface area contributed by atoms with Gasteiger partial charge in [-0.25, -0.2) is 9.67 Å². The Morgan fingerprint density at radius 3 is 2.92 bits per heavy atom. The van der Waals surface area contributed by atoms with E-state index in [1.54, 1.807) is 25.1 Å². The molecule has 134 valence electrons. The molecule has 1 unspecified atom stereocenters. The van der Waals surface area contributed by atoms with Crippen LogP contribution in [0, 0.1) is 0 Å². The van der Waals surface area contributed by atoms with Crippen LogP contribution in [0.25, 0.3) is 11.5 Å². The smallest absolute Gasteiger partial charge is 0.267 e. The quantitative estimate of drug-likeness (QED) is 0.762. The standard InChI is InChI=1S/C18H18N4O3S/c1-11(17(24)20-18-19-13-5-2-3-7-15(13)26-18)22-16(23)9-8-12(21-22)14-6-4-10-25-14/h4,6,8-11H,2-3,5,7H2,1H3,(H,19,20,24). The Morgan fingerprint density at radius 2 is 2.15 bits per heavy atom. The summed E-state index contributed by atoms with van der Waals surface area (Å²) in [7, 11) is 0. The molecule has 0 aromatic carbocycles. The van der Waals surface area contributed by atoms with Crippen LogP contribution in [0.15, 0.2) is 39.7 Å². The van der Waals surface area contributed by atoms with Gasteiger partial charge in [-0.2, -0.15) is 5.10 Å². The summed E-state index contributed by atoms with van der Waals surface area (Å²) in [6, 6.07) is 5.70. The van der Waals surface area contributed by atoms with Crippen LogP contribution in [0.2, 0.25) is 0 Å². The lowest BCUT2D eigenvalue weighted by Gasteiger charge is -2.13. The number of furan rings is 1. The lowest BCUT2D eigenvalue weighted by atomic mass is 10.0. The van der Waals surface area contributed by atoms with Gasteiger partial charge in [0.15, 0.2) is 10.9 Å². The summed E-state index contributed by atoms with van der Waals surface area (Å²) in [5, 5.41) is 7.69. The van der Waals surface area contributed by atoms with Crippen molar-refractivity contribution in [3.8, 4) is 11.5 Å². The minimum Gasteiger partial charge on any atom is -0.463 e. The van der Waals surface area contributed by atoms with Crippen LogP contribution in [0.5, 0.6) is 0 Å². The molecule has 1 amide bonds. The van der Waals surface area contributed by atoms with Crippen molar-refractivity contribution in [1.29, 1.82) is 0 Å². The first-order chi connectivity index (χ1) is 12.6. The van der Waals surface area contributed by atoms with Gasteiger partial charge in [-0.3, -0.25) is 9.59 Å². The van der Waals surface area contributed by atoms with Crippen molar-refractivity contribution >= 4 is 22.4 Å². The Bertz CT molecular complexity index is 967. The summed E-state index contributed by atoms with van der Waals surface area (Å²) in [6.45, 7) is 1.64. The summed E-state index contributed by atoms with van der Waals surface area (Å²) in [6.07, 6.45) is 5.82. The predicted molar refractivity (Wildman–Crippen MR) is 98.3 cm³/mol. The second-order valence-corrected chi connectivity index (χ2v) is 7.32. The zero-order valence-electron chi connectivity index (χ0n) is 14.3. The topological polar surface area (TPSA) is 90.0 Å². The van der Waals surface area contributed by atoms with E-state index < -0.39 is 6.04 Å². The number of fused-ring (bicyclic) bond motifs is 1. The van der Waals surface area contributed by atoms with Crippen LogP contribution in [0.1, 0.15) is 36.4 Å². The molecule has 0 fully saturated rings. The Morgan fingerprint density at radius 1 is 1.31 bits per heavy atom. The van der Waals surface area contributed by atoms with E-state index in [4.69, 9.17) is 4.42 Å².